The van der Waals surface area contributed by atoms with Gasteiger partial charge < -0.3 is 19.9 Å². The number of ether oxygens (including phenoxy) is 2. The van der Waals surface area contributed by atoms with Crippen molar-refractivity contribution in [2.24, 2.45) is 0 Å². The minimum Gasteiger partial charge on any atom is -0.454 e. The van der Waals surface area contributed by atoms with Gasteiger partial charge in [0.2, 0.25) is 5.91 Å². The second-order valence-corrected chi connectivity index (χ2v) is 8.44. The summed E-state index contributed by atoms with van der Waals surface area (Å²) in [4.78, 5) is 26.8. The Morgan fingerprint density at radius 3 is 2.39 bits per heavy atom. The highest BCUT2D eigenvalue weighted by Gasteiger charge is 2.45. The van der Waals surface area contributed by atoms with Gasteiger partial charge in [-0.3, -0.25) is 9.69 Å². The van der Waals surface area contributed by atoms with Crippen molar-refractivity contribution >= 4 is 11.9 Å². The molecule has 4 atom stereocenters. The summed E-state index contributed by atoms with van der Waals surface area (Å²) in [5, 5.41) is 14.2. The van der Waals surface area contributed by atoms with E-state index in [1.54, 1.807) is 24.3 Å². The highest BCUT2D eigenvalue weighted by atomic mass is 16.6. The van der Waals surface area contributed by atoms with Crippen LogP contribution in [-0.2, 0) is 20.8 Å². The molecule has 0 aliphatic carbocycles. The lowest BCUT2D eigenvalue weighted by atomic mass is 9.91. The zero-order valence-corrected chi connectivity index (χ0v) is 19.4. The van der Waals surface area contributed by atoms with Crippen LogP contribution in [0.2, 0.25) is 0 Å². The Labute approximate surface area is 195 Å². The van der Waals surface area contributed by atoms with E-state index in [4.69, 9.17) is 9.47 Å². The van der Waals surface area contributed by atoms with Gasteiger partial charge in [-0.05, 0) is 24.1 Å². The average Bonchev–Trinajstić information content (AvgIpc) is 2.81. The second-order valence-electron chi connectivity index (χ2n) is 8.44. The van der Waals surface area contributed by atoms with Crippen molar-refractivity contribution < 1.29 is 24.2 Å². The van der Waals surface area contributed by atoms with E-state index in [1.807, 2.05) is 36.4 Å². The Morgan fingerprint density at radius 2 is 1.76 bits per heavy atom. The van der Waals surface area contributed by atoms with Gasteiger partial charge in [0, 0.05) is 26.6 Å². The smallest absolute Gasteiger partial charge is 0.338 e. The zero-order chi connectivity index (χ0) is 23.6. The molecule has 1 heterocycles. The first-order chi connectivity index (χ1) is 16.0. The Kier molecular flexibility index (Phi) is 9.42. The number of nitrogens with zero attached hydrogens (tertiary/aromatic N) is 1. The van der Waals surface area contributed by atoms with E-state index in [1.165, 1.54) is 6.92 Å². The van der Waals surface area contributed by atoms with Crippen molar-refractivity contribution in [2.45, 2.75) is 57.5 Å². The van der Waals surface area contributed by atoms with Crippen LogP contribution in [0, 0.1) is 0 Å². The van der Waals surface area contributed by atoms with Crippen LogP contribution in [0.1, 0.15) is 42.6 Å². The number of likely N-dealkylation sites (tertiary alicyclic amines) is 1. The number of rotatable bonds is 10. The molecule has 0 spiro atoms. The second kappa shape index (κ2) is 12.5. The van der Waals surface area contributed by atoms with E-state index >= 15 is 0 Å². The van der Waals surface area contributed by atoms with Gasteiger partial charge in [-0.2, -0.15) is 0 Å². The average molecular weight is 455 g/mol. The molecule has 7 nitrogen and oxygen atoms in total. The number of carbonyl (C=O) groups is 2. The summed E-state index contributed by atoms with van der Waals surface area (Å²) in [6.45, 7) is 5.42. The Hall–Kier alpha value is -2.74. The Morgan fingerprint density at radius 1 is 1.09 bits per heavy atom. The minimum atomic E-state index is -1.03. The van der Waals surface area contributed by atoms with E-state index in [0.29, 0.717) is 31.9 Å². The fourth-order valence-electron chi connectivity index (χ4n) is 4.13. The third kappa shape index (κ3) is 7.12. The van der Waals surface area contributed by atoms with Gasteiger partial charge in [0.1, 0.15) is 6.10 Å². The fraction of sp³-hybridized carbons (Fsp3) is 0.462. The summed E-state index contributed by atoms with van der Waals surface area (Å²) in [7, 11) is 0. The van der Waals surface area contributed by atoms with Crippen LogP contribution in [0.5, 0.6) is 0 Å². The van der Waals surface area contributed by atoms with Crippen LogP contribution in [0.15, 0.2) is 60.7 Å². The molecule has 2 aromatic carbocycles. The third-order valence-corrected chi connectivity index (χ3v) is 5.83. The van der Waals surface area contributed by atoms with Crippen LogP contribution < -0.4 is 5.32 Å². The van der Waals surface area contributed by atoms with Gasteiger partial charge >= 0.3 is 5.97 Å². The molecular weight excluding hydrogens is 420 g/mol. The number of piperidine rings is 1. The van der Waals surface area contributed by atoms with Crippen molar-refractivity contribution in [3.05, 3.63) is 71.8 Å². The van der Waals surface area contributed by atoms with Crippen LogP contribution in [-0.4, -0.2) is 65.9 Å². The zero-order valence-electron chi connectivity index (χ0n) is 19.4. The van der Waals surface area contributed by atoms with Crippen LogP contribution in [0.3, 0.4) is 0 Å². The maximum atomic E-state index is 12.8. The predicted molar refractivity (Wildman–Crippen MR) is 126 cm³/mol. The number of esters is 1. The number of nitrogens with one attached hydrogen (secondary N) is 1. The van der Waals surface area contributed by atoms with Gasteiger partial charge in [0.15, 0.2) is 6.10 Å². The quantitative estimate of drug-likeness (QED) is 0.424. The topological polar surface area (TPSA) is 88.1 Å². The van der Waals surface area contributed by atoms with Crippen molar-refractivity contribution in [3.63, 3.8) is 0 Å². The highest BCUT2D eigenvalue weighted by molar-refractivity contribution is 5.89. The highest BCUT2D eigenvalue weighted by Crippen LogP contribution is 2.25. The van der Waals surface area contributed by atoms with Gasteiger partial charge in [-0.25, -0.2) is 4.79 Å². The lowest BCUT2D eigenvalue weighted by molar-refractivity contribution is -0.133. The molecule has 0 saturated carbocycles. The van der Waals surface area contributed by atoms with E-state index in [9.17, 15) is 14.7 Å². The SMILES string of the molecule is CCCCOC[C@@H]1[C@@H](O)[C@H](OC(=O)c2ccccc2)[C@@H](NC(C)=O)CN1Cc1ccccc1. The predicted octanol–water partition coefficient (Wildman–Crippen LogP) is 2.78. The number of hydrogen-bond donors (Lipinski definition) is 2. The van der Waals surface area contributed by atoms with Crippen LogP contribution in [0.25, 0.3) is 0 Å². The number of unbranched alkanes of at least 4 members (excludes halogenated alkanes) is 1. The van der Waals surface area contributed by atoms with Crippen molar-refractivity contribution in [1.82, 2.24) is 10.2 Å². The standard InChI is InChI=1S/C26H34N2O5/c1-3-4-15-32-18-23-24(30)25(33-26(31)21-13-9-6-10-14-21)22(27-19(2)29)17-28(23)16-20-11-7-5-8-12-20/h5-14,22-25,30H,3-4,15-18H2,1-2H3,(H,27,29)/t22-,23+,24+,25+/m0/s1. The molecule has 1 amide bonds. The summed E-state index contributed by atoms with van der Waals surface area (Å²) in [6.07, 6.45) is 0.0210. The first-order valence-electron chi connectivity index (χ1n) is 11.6. The first kappa shape index (κ1) is 24.9. The van der Waals surface area contributed by atoms with Gasteiger partial charge in [-0.15, -0.1) is 0 Å². The fourth-order valence-corrected chi connectivity index (χ4v) is 4.13. The molecule has 1 aliphatic heterocycles. The molecule has 0 aromatic heterocycles. The maximum absolute atomic E-state index is 12.8. The lowest BCUT2D eigenvalue weighted by Gasteiger charge is -2.46. The molecule has 33 heavy (non-hydrogen) atoms. The van der Waals surface area contributed by atoms with Crippen LogP contribution in [0.4, 0.5) is 0 Å². The molecule has 1 aliphatic rings. The molecule has 1 saturated heterocycles. The number of hydrogen-bond acceptors (Lipinski definition) is 6. The normalized spacial score (nSPS) is 23.1. The van der Waals surface area contributed by atoms with E-state index in [-0.39, 0.29) is 11.9 Å². The molecule has 0 bridgehead atoms. The summed E-state index contributed by atoms with van der Waals surface area (Å²) in [6, 6.07) is 17.7. The molecule has 0 radical (unpaired) electrons. The maximum Gasteiger partial charge on any atom is 0.338 e. The molecule has 0 unspecified atom stereocenters. The number of amides is 1. The summed E-state index contributed by atoms with van der Waals surface area (Å²) in [5.74, 6) is -0.776. The van der Waals surface area contributed by atoms with Crippen molar-refractivity contribution in [1.29, 1.82) is 0 Å². The number of benzene rings is 2. The summed E-state index contributed by atoms with van der Waals surface area (Å²) >= 11 is 0. The van der Waals surface area contributed by atoms with Crippen molar-refractivity contribution in [2.75, 3.05) is 19.8 Å². The molecule has 2 N–H and O–H groups in total. The molecule has 2 aromatic rings. The Balaban J connectivity index is 1.82. The molecule has 1 fully saturated rings. The number of carbonyl (C=O) groups excluding carboxylic acids is 2. The largest absolute Gasteiger partial charge is 0.454 e. The molecule has 178 valence electrons. The first-order valence-corrected chi connectivity index (χ1v) is 11.6. The summed E-state index contributed by atoms with van der Waals surface area (Å²) in [5.41, 5.74) is 1.48. The molecule has 3 rings (SSSR count). The van der Waals surface area contributed by atoms with Crippen LogP contribution >= 0.6 is 0 Å². The van der Waals surface area contributed by atoms with E-state index in [0.717, 1.165) is 18.4 Å². The number of aliphatic hydroxyl groups is 1. The number of aliphatic hydroxyl groups excluding tert-OH is 1. The minimum absolute atomic E-state index is 0.245. The molecule has 7 heteroatoms. The van der Waals surface area contributed by atoms with Gasteiger partial charge in [-0.1, -0.05) is 61.9 Å². The van der Waals surface area contributed by atoms with Crippen molar-refractivity contribution in [3.8, 4) is 0 Å². The van der Waals surface area contributed by atoms with E-state index in [2.05, 4.69) is 17.1 Å². The van der Waals surface area contributed by atoms with Gasteiger partial charge in [0.25, 0.3) is 0 Å². The monoisotopic (exact) mass is 454 g/mol. The van der Waals surface area contributed by atoms with E-state index < -0.39 is 24.2 Å². The Bertz CT molecular complexity index is 877. The van der Waals surface area contributed by atoms with Gasteiger partial charge in [0.05, 0.1) is 24.3 Å². The molecular formula is C26H34N2O5. The summed E-state index contributed by atoms with van der Waals surface area (Å²) < 4.78 is 11.7. The lowest BCUT2D eigenvalue weighted by Crippen LogP contribution is -2.67. The third-order valence-electron chi connectivity index (χ3n) is 5.83.